The van der Waals surface area contributed by atoms with Crippen LogP contribution in [0.25, 0.3) is 0 Å². The Morgan fingerprint density at radius 1 is 1.33 bits per heavy atom. The summed E-state index contributed by atoms with van der Waals surface area (Å²) in [6.45, 7) is 5.97. The van der Waals surface area contributed by atoms with Crippen LogP contribution in [0.5, 0.6) is 0 Å². The number of hydrogen-bond donors (Lipinski definition) is 2. The quantitative estimate of drug-likeness (QED) is 0.532. The van der Waals surface area contributed by atoms with Gasteiger partial charge in [-0.25, -0.2) is 9.80 Å². The van der Waals surface area contributed by atoms with Crippen LogP contribution in [0.1, 0.15) is 20.8 Å². The van der Waals surface area contributed by atoms with E-state index in [-0.39, 0.29) is 18.0 Å². The summed E-state index contributed by atoms with van der Waals surface area (Å²) in [5.41, 5.74) is 2.32. The second-order valence-electron chi connectivity index (χ2n) is 3.75. The molecule has 5 heteroatoms. The van der Waals surface area contributed by atoms with Crippen molar-refractivity contribution in [2.75, 3.05) is 6.54 Å². The maximum atomic E-state index is 10.9. The largest absolute Gasteiger partial charge is 0.336 e. The Morgan fingerprint density at radius 2 is 1.92 bits per heavy atom. The first-order chi connectivity index (χ1) is 5.39. The summed E-state index contributed by atoms with van der Waals surface area (Å²) in [5, 5.41) is 3.76. The van der Waals surface area contributed by atoms with Crippen LogP contribution >= 0.6 is 0 Å². The van der Waals surface area contributed by atoms with Crippen molar-refractivity contribution >= 4 is 11.9 Å². The van der Waals surface area contributed by atoms with E-state index in [4.69, 9.17) is 0 Å². The minimum absolute atomic E-state index is 0.204. The van der Waals surface area contributed by atoms with Crippen molar-refractivity contribution < 1.29 is 9.59 Å². The van der Waals surface area contributed by atoms with E-state index < -0.39 is 6.03 Å². The maximum absolute atomic E-state index is 10.9. The summed E-state index contributed by atoms with van der Waals surface area (Å²) < 4.78 is 0. The predicted molar refractivity (Wildman–Crippen MR) is 43.1 cm³/mol. The second kappa shape index (κ2) is 2.75. The molecule has 1 aliphatic heterocycles. The van der Waals surface area contributed by atoms with Gasteiger partial charge in [0.05, 0.1) is 6.54 Å². The first-order valence-corrected chi connectivity index (χ1v) is 3.78. The summed E-state index contributed by atoms with van der Waals surface area (Å²) in [6.07, 6.45) is 0. The molecule has 3 amide bonds. The summed E-state index contributed by atoms with van der Waals surface area (Å²) in [5.74, 6) is -0.270. The fourth-order valence-corrected chi connectivity index (χ4v) is 0.905. The van der Waals surface area contributed by atoms with Gasteiger partial charge < -0.3 is 0 Å². The van der Waals surface area contributed by atoms with Crippen molar-refractivity contribution in [1.29, 1.82) is 0 Å². The van der Waals surface area contributed by atoms with E-state index in [1.54, 1.807) is 5.01 Å². The fourth-order valence-electron chi connectivity index (χ4n) is 0.905. The Hall–Kier alpha value is -1.10. The third-order valence-electron chi connectivity index (χ3n) is 1.60. The van der Waals surface area contributed by atoms with Crippen LogP contribution in [0.4, 0.5) is 4.79 Å². The van der Waals surface area contributed by atoms with Gasteiger partial charge in [0, 0.05) is 5.54 Å². The SMILES string of the molecule is CC(C)(C)N1CC(=O)NC(=O)N1. The normalized spacial score (nSPS) is 20.2. The van der Waals surface area contributed by atoms with Crippen molar-refractivity contribution in [3.05, 3.63) is 0 Å². The molecule has 68 valence electrons. The third-order valence-corrected chi connectivity index (χ3v) is 1.60. The number of imide groups is 1. The molecular weight excluding hydrogens is 158 g/mol. The van der Waals surface area contributed by atoms with Crippen LogP contribution in [0.2, 0.25) is 0 Å². The predicted octanol–water partition coefficient (Wildman–Crippen LogP) is -0.159. The van der Waals surface area contributed by atoms with Gasteiger partial charge in [0.1, 0.15) is 0 Å². The van der Waals surface area contributed by atoms with Gasteiger partial charge in [-0.05, 0) is 20.8 Å². The molecule has 0 aliphatic carbocycles. The van der Waals surface area contributed by atoms with E-state index in [1.165, 1.54) is 0 Å². The Morgan fingerprint density at radius 3 is 2.33 bits per heavy atom. The van der Waals surface area contributed by atoms with Gasteiger partial charge in [-0.2, -0.15) is 0 Å². The lowest BCUT2D eigenvalue weighted by Gasteiger charge is -2.37. The van der Waals surface area contributed by atoms with Gasteiger partial charge in [-0.3, -0.25) is 15.5 Å². The Bertz CT molecular complexity index is 203. The molecule has 0 radical (unpaired) electrons. The first-order valence-electron chi connectivity index (χ1n) is 3.78. The van der Waals surface area contributed by atoms with Gasteiger partial charge in [-0.15, -0.1) is 0 Å². The molecule has 1 fully saturated rings. The van der Waals surface area contributed by atoms with E-state index in [1.807, 2.05) is 20.8 Å². The number of carbonyl (C=O) groups excluding carboxylic acids is 2. The molecular formula is C7H13N3O2. The molecule has 0 spiro atoms. The molecule has 2 N–H and O–H groups in total. The zero-order valence-electron chi connectivity index (χ0n) is 7.47. The number of nitrogens with one attached hydrogen (secondary N) is 2. The van der Waals surface area contributed by atoms with E-state index in [2.05, 4.69) is 10.7 Å². The highest BCUT2D eigenvalue weighted by Gasteiger charge is 2.29. The second-order valence-corrected chi connectivity index (χ2v) is 3.75. The van der Waals surface area contributed by atoms with Crippen molar-refractivity contribution in [2.24, 2.45) is 0 Å². The van der Waals surface area contributed by atoms with Crippen molar-refractivity contribution in [3.8, 4) is 0 Å². The highest BCUT2D eigenvalue weighted by Crippen LogP contribution is 2.10. The van der Waals surface area contributed by atoms with E-state index in [0.717, 1.165) is 0 Å². The van der Waals surface area contributed by atoms with Crippen molar-refractivity contribution in [3.63, 3.8) is 0 Å². The van der Waals surface area contributed by atoms with Crippen LogP contribution in [0.3, 0.4) is 0 Å². The summed E-state index contributed by atoms with van der Waals surface area (Å²) in [7, 11) is 0. The smallest absolute Gasteiger partial charge is 0.276 e. The fraction of sp³-hybridized carbons (Fsp3) is 0.714. The van der Waals surface area contributed by atoms with E-state index in [0.29, 0.717) is 0 Å². The number of nitrogens with zero attached hydrogens (tertiary/aromatic N) is 1. The summed E-state index contributed by atoms with van der Waals surface area (Å²) in [6, 6.07) is -0.457. The van der Waals surface area contributed by atoms with E-state index in [9.17, 15) is 9.59 Å². The summed E-state index contributed by atoms with van der Waals surface area (Å²) >= 11 is 0. The number of carbonyl (C=O) groups is 2. The lowest BCUT2D eigenvalue weighted by atomic mass is 10.1. The molecule has 1 saturated heterocycles. The van der Waals surface area contributed by atoms with E-state index >= 15 is 0 Å². The monoisotopic (exact) mass is 171 g/mol. The summed E-state index contributed by atoms with van der Waals surface area (Å²) in [4.78, 5) is 21.8. The molecule has 0 unspecified atom stereocenters. The molecule has 0 aromatic carbocycles. The average Bonchev–Trinajstić information content (AvgIpc) is 1.82. The minimum atomic E-state index is -0.457. The minimum Gasteiger partial charge on any atom is -0.276 e. The number of urea groups is 1. The molecule has 0 atom stereocenters. The standard InChI is InChI=1S/C7H13N3O2/c1-7(2,3)10-4-5(11)8-6(12)9-10/h4H2,1-3H3,(H2,8,9,11,12). The van der Waals surface area contributed by atoms with Crippen LogP contribution in [0, 0.1) is 0 Å². The molecule has 0 aromatic rings. The Labute approximate surface area is 71.1 Å². The molecule has 5 nitrogen and oxygen atoms in total. The Kier molecular flexibility index (Phi) is 2.06. The topological polar surface area (TPSA) is 61.4 Å². The number of rotatable bonds is 0. The zero-order valence-corrected chi connectivity index (χ0v) is 7.47. The molecule has 1 heterocycles. The molecule has 0 aromatic heterocycles. The van der Waals surface area contributed by atoms with Crippen LogP contribution in [0.15, 0.2) is 0 Å². The van der Waals surface area contributed by atoms with Crippen LogP contribution in [-0.2, 0) is 4.79 Å². The lowest BCUT2D eigenvalue weighted by molar-refractivity contribution is -0.125. The molecule has 0 saturated carbocycles. The highest BCUT2D eigenvalue weighted by molar-refractivity contribution is 5.97. The van der Waals surface area contributed by atoms with Gasteiger partial charge in [0.2, 0.25) is 5.91 Å². The van der Waals surface area contributed by atoms with Gasteiger partial charge >= 0.3 is 6.03 Å². The average molecular weight is 171 g/mol. The number of amides is 3. The van der Waals surface area contributed by atoms with Gasteiger partial charge in [0.25, 0.3) is 0 Å². The Balaban J connectivity index is 2.68. The highest BCUT2D eigenvalue weighted by atomic mass is 16.2. The van der Waals surface area contributed by atoms with Gasteiger partial charge in [-0.1, -0.05) is 0 Å². The zero-order chi connectivity index (χ0) is 9.35. The molecule has 0 bridgehead atoms. The van der Waals surface area contributed by atoms with Crippen LogP contribution < -0.4 is 10.7 Å². The molecule has 1 rings (SSSR count). The first kappa shape index (κ1) is 8.99. The molecule has 12 heavy (non-hydrogen) atoms. The lowest BCUT2D eigenvalue weighted by Crippen LogP contribution is -2.64. The van der Waals surface area contributed by atoms with Crippen LogP contribution in [-0.4, -0.2) is 29.0 Å². The number of hydrazine groups is 1. The number of hydrogen-bond acceptors (Lipinski definition) is 3. The third kappa shape index (κ3) is 1.94. The van der Waals surface area contributed by atoms with Crippen molar-refractivity contribution in [2.45, 2.75) is 26.3 Å². The molecule has 1 aliphatic rings. The van der Waals surface area contributed by atoms with Crippen molar-refractivity contribution in [1.82, 2.24) is 15.8 Å². The van der Waals surface area contributed by atoms with Gasteiger partial charge in [0.15, 0.2) is 0 Å². The maximum Gasteiger partial charge on any atom is 0.336 e.